The fourth-order valence-corrected chi connectivity index (χ4v) is 3.49. The zero-order chi connectivity index (χ0) is 23.2. The molecule has 2 N–H and O–H groups in total. The van der Waals surface area contributed by atoms with Crippen molar-refractivity contribution in [2.24, 2.45) is 0 Å². The quantitative estimate of drug-likeness (QED) is 0.565. The lowest BCUT2D eigenvalue weighted by atomic mass is 10.2. The van der Waals surface area contributed by atoms with Gasteiger partial charge in [-0.1, -0.05) is 29.3 Å². The summed E-state index contributed by atoms with van der Waals surface area (Å²) in [6.07, 6.45) is -4.98. The Labute approximate surface area is 181 Å². The SMILES string of the molecule is Cc1ccc(S(=O)(=O)NCCC(=O)OCC(=O)Nc2cc(C(F)(F)F)ccc2Cl)cc1. The molecule has 7 nitrogen and oxygen atoms in total. The first kappa shape index (κ1) is 24.6. The normalized spacial score (nSPS) is 11.8. The summed E-state index contributed by atoms with van der Waals surface area (Å²) >= 11 is 5.77. The van der Waals surface area contributed by atoms with Gasteiger partial charge in [-0.3, -0.25) is 9.59 Å². The summed E-state index contributed by atoms with van der Waals surface area (Å²) in [7, 11) is -3.81. The number of aryl methyl sites for hydroxylation is 1. The lowest BCUT2D eigenvalue weighted by molar-refractivity contribution is -0.147. The van der Waals surface area contributed by atoms with Crippen LogP contribution in [0.3, 0.4) is 0 Å². The Morgan fingerprint density at radius 3 is 2.35 bits per heavy atom. The fraction of sp³-hybridized carbons (Fsp3) is 0.263. The highest BCUT2D eigenvalue weighted by atomic mass is 35.5. The molecule has 12 heteroatoms. The predicted molar refractivity (Wildman–Crippen MR) is 107 cm³/mol. The van der Waals surface area contributed by atoms with E-state index in [2.05, 4.69) is 10.0 Å². The van der Waals surface area contributed by atoms with Crippen molar-refractivity contribution >= 4 is 39.2 Å². The van der Waals surface area contributed by atoms with Gasteiger partial charge in [0.15, 0.2) is 6.61 Å². The minimum atomic E-state index is -4.62. The van der Waals surface area contributed by atoms with Gasteiger partial charge >= 0.3 is 12.1 Å². The molecule has 0 atom stereocenters. The summed E-state index contributed by atoms with van der Waals surface area (Å²) in [4.78, 5) is 23.6. The van der Waals surface area contributed by atoms with E-state index in [9.17, 15) is 31.2 Å². The van der Waals surface area contributed by atoms with E-state index in [4.69, 9.17) is 16.3 Å². The summed E-state index contributed by atoms with van der Waals surface area (Å²) in [5, 5.41) is 2.00. The van der Waals surface area contributed by atoms with Gasteiger partial charge in [0.1, 0.15) is 0 Å². The molecule has 0 aliphatic heterocycles. The maximum Gasteiger partial charge on any atom is 0.416 e. The summed E-state index contributed by atoms with van der Waals surface area (Å²) in [6, 6.07) is 8.47. The average Bonchev–Trinajstić information content (AvgIpc) is 2.67. The van der Waals surface area contributed by atoms with E-state index < -0.39 is 40.2 Å². The molecule has 0 bridgehead atoms. The highest BCUT2D eigenvalue weighted by molar-refractivity contribution is 7.89. The van der Waals surface area contributed by atoms with Crippen LogP contribution >= 0.6 is 11.6 Å². The van der Waals surface area contributed by atoms with Crippen molar-refractivity contribution in [3.05, 3.63) is 58.6 Å². The molecule has 31 heavy (non-hydrogen) atoms. The van der Waals surface area contributed by atoms with E-state index in [1.807, 2.05) is 0 Å². The van der Waals surface area contributed by atoms with Crippen LogP contribution in [0.4, 0.5) is 18.9 Å². The smallest absolute Gasteiger partial charge is 0.416 e. The Bertz CT molecular complexity index is 1060. The zero-order valence-electron chi connectivity index (χ0n) is 16.1. The third-order valence-electron chi connectivity index (χ3n) is 3.88. The molecule has 2 rings (SSSR count). The number of rotatable bonds is 8. The summed E-state index contributed by atoms with van der Waals surface area (Å²) in [5.41, 5.74) is -0.416. The number of amides is 1. The van der Waals surface area contributed by atoms with Crippen molar-refractivity contribution in [3.8, 4) is 0 Å². The molecule has 0 saturated carbocycles. The largest absolute Gasteiger partial charge is 0.456 e. The average molecular weight is 479 g/mol. The van der Waals surface area contributed by atoms with Gasteiger partial charge in [-0.25, -0.2) is 13.1 Å². The number of carbonyl (C=O) groups excluding carboxylic acids is 2. The molecular weight excluding hydrogens is 461 g/mol. The lowest BCUT2D eigenvalue weighted by Gasteiger charge is -2.12. The number of alkyl halides is 3. The minimum Gasteiger partial charge on any atom is -0.456 e. The van der Waals surface area contributed by atoms with Gasteiger partial charge in [0.25, 0.3) is 5.91 Å². The maximum absolute atomic E-state index is 12.7. The molecule has 0 fully saturated rings. The van der Waals surface area contributed by atoms with E-state index in [-0.39, 0.29) is 28.6 Å². The Hall–Kier alpha value is -2.63. The Balaban J connectivity index is 1.81. The summed E-state index contributed by atoms with van der Waals surface area (Å²) in [6.45, 7) is 0.753. The van der Waals surface area contributed by atoms with Crippen molar-refractivity contribution < 1.29 is 35.9 Å². The highest BCUT2D eigenvalue weighted by Gasteiger charge is 2.31. The Morgan fingerprint density at radius 2 is 1.74 bits per heavy atom. The number of anilines is 1. The number of ether oxygens (including phenoxy) is 1. The first-order valence-corrected chi connectivity index (χ1v) is 10.6. The molecule has 0 aromatic heterocycles. The zero-order valence-corrected chi connectivity index (χ0v) is 17.7. The summed E-state index contributed by atoms with van der Waals surface area (Å²) < 4.78 is 69.4. The van der Waals surface area contributed by atoms with Gasteiger partial charge in [0.2, 0.25) is 10.0 Å². The van der Waals surface area contributed by atoms with Crippen LogP contribution in [-0.4, -0.2) is 33.4 Å². The molecule has 2 aromatic rings. The van der Waals surface area contributed by atoms with Gasteiger partial charge in [0, 0.05) is 6.54 Å². The molecule has 2 aromatic carbocycles. The monoisotopic (exact) mass is 478 g/mol. The van der Waals surface area contributed by atoms with Gasteiger partial charge in [-0.2, -0.15) is 13.2 Å². The number of carbonyl (C=O) groups is 2. The number of halogens is 4. The number of sulfonamides is 1. The lowest BCUT2D eigenvalue weighted by Crippen LogP contribution is -2.28. The third kappa shape index (κ3) is 7.53. The molecule has 1 amide bonds. The number of benzene rings is 2. The first-order chi connectivity index (χ1) is 14.4. The second kappa shape index (κ2) is 10.1. The highest BCUT2D eigenvalue weighted by Crippen LogP contribution is 2.33. The molecule has 0 aliphatic rings. The van der Waals surface area contributed by atoms with Crippen LogP contribution in [0.5, 0.6) is 0 Å². The Kier molecular flexibility index (Phi) is 8.04. The Morgan fingerprint density at radius 1 is 1.10 bits per heavy atom. The predicted octanol–water partition coefficient (Wildman–Crippen LogP) is 3.52. The van der Waals surface area contributed by atoms with Gasteiger partial charge in [0.05, 0.1) is 27.6 Å². The van der Waals surface area contributed by atoms with Gasteiger partial charge in [-0.05, 0) is 37.3 Å². The van der Waals surface area contributed by atoms with E-state index in [0.29, 0.717) is 6.07 Å². The van der Waals surface area contributed by atoms with Crippen LogP contribution in [0.15, 0.2) is 47.4 Å². The molecule has 0 unspecified atom stereocenters. The number of hydrogen-bond donors (Lipinski definition) is 2. The van der Waals surface area contributed by atoms with Crippen molar-refractivity contribution in [3.63, 3.8) is 0 Å². The van der Waals surface area contributed by atoms with Crippen molar-refractivity contribution in [2.75, 3.05) is 18.5 Å². The van der Waals surface area contributed by atoms with E-state index in [1.54, 1.807) is 19.1 Å². The van der Waals surface area contributed by atoms with Crippen LogP contribution in [0.1, 0.15) is 17.5 Å². The van der Waals surface area contributed by atoms with Crippen LogP contribution in [-0.2, 0) is 30.5 Å². The molecule has 0 heterocycles. The first-order valence-electron chi connectivity index (χ1n) is 8.77. The molecule has 0 radical (unpaired) electrons. The van der Waals surface area contributed by atoms with Crippen LogP contribution in [0.25, 0.3) is 0 Å². The minimum absolute atomic E-state index is 0.0313. The second-order valence-corrected chi connectivity index (χ2v) is 8.54. The molecule has 0 aliphatic carbocycles. The van der Waals surface area contributed by atoms with Crippen molar-refractivity contribution in [1.82, 2.24) is 4.72 Å². The summed E-state index contributed by atoms with van der Waals surface area (Å²) in [5.74, 6) is -1.79. The van der Waals surface area contributed by atoms with E-state index >= 15 is 0 Å². The van der Waals surface area contributed by atoms with Gasteiger partial charge in [-0.15, -0.1) is 0 Å². The molecule has 0 saturated heterocycles. The van der Waals surface area contributed by atoms with Crippen molar-refractivity contribution in [1.29, 1.82) is 0 Å². The maximum atomic E-state index is 12.7. The molecular formula is C19H18ClF3N2O5S. The number of esters is 1. The third-order valence-corrected chi connectivity index (χ3v) is 5.69. The standard InChI is InChI=1S/C19H18ClF3N2O5S/c1-12-2-5-14(6-3-12)31(28,29)24-9-8-18(27)30-11-17(26)25-16-10-13(19(21,22)23)4-7-15(16)20/h2-7,10,24H,8-9,11H2,1H3,(H,25,26). The van der Waals surface area contributed by atoms with Gasteiger partial charge < -0.3 is 10.1 Å². The fourth-order valence-electron chi connectivity index (χ4n) is 2.29. The van der Waals surface area contributed by atoms with Crippen LogP contribution < -0.4 is 10.0 Å². The second-order valence-electron chi connectivity index (χ2n) is 6.36. The topological polar surface area (TPSA) is 102 Å². The molecule has 168 valence electrons. The van der Waals surface area contributed by atoms with E-state index in [1.165, 1.54) is 12.1 Å². The van der Waals surface area contributed by atoms with Crippen LogP contribution in [0.2, 0.25) is 5.02 Å². The van der Waals surface area contributed by atoms with E-state index in [0.717, 1.165) is 17.7 Å². The molecule has 0 spiro atoms. The van der Waals surface area contributed by atoms with Crippen molar-refractivity contribution in [2.45, 2.75) is 24.4 Å². The number of hydrogen-bond acceptors (Lipinski definition) is 5. The number of nitrogens with one attached hydrogen (secondary N) is 2. The van der Waals surface area contributed by atoms with Crippen LogP contribution in [0, 0.1) is 6.92 Å².